The third kappa shape index (κ3) is 3.17. The summed E-state index contributed by atoms with van der Waals surface area (Å²) < 4.78 is 11.1. The van der Waals surface area contributed by atoms with Crippen LogP contribution in [0.4, 0.5) is 0 Å². The summed E-state index contributed by atoms with van der Waals surface area (Å²) in [6, 6.07) is 8.41. The first kappa shape index (κ1) is 19.5. The number of aryl methyl sites for hydroxylation is 1. The van der Waals surface area contributed by atoms with Crippen LogP contribution in [0.5, 0.6) is 0 Å². The van der Waals surface area contributed by atoms with Gasteiger partial charge in [-0.1, -0.05) is 30.7 Å². The van der Waals surface area contributed by atoms with Crippen LogP contribution in [-0.4, -0.2) is 54.5 Å². The molecule has 2 amide bonds. The van der Waals surface area contributed by atoms with Crippen LogP contribution in [0.2, 0.25) is 0 Å². The van der Waals surface area contributed by atoms with E-state index in [9.17, 15) is 9.59 Å². The van der Waals surface area contributed by atoms with E-state index in [0.717, 1.165) is 25.8 Å². The maximum absolute atomic E-state index is 13.3. The van der Waals surface area contributed by atoms with E-state index in [1.54, 1.807) is 6.92 Å². The number of rotatable bonds is 3. The first-order chi connectivity index (χ1) is 14.5. The first-order valence-electron chi connectivity index (χ1n) is 11.2. The average molecular weight is 411 g/mol. The molecule has 160 valence electrons. The van der Waals surface area contributed by atoms with Gasteiger partial charge in [-0.2, -0.15) is 0 Å². The van der Waals surface area contributed by atoms with Crippen LogP contribution in [-0.2, 0) is 19.1 Å². The molecule has 3 atom stereocenters. The van der Waals surface area contributed by atoms with Gasteiger partial charge in [-0.05, 0) is 37.8 Å². The van der Waals surface area contributed by atoms with Crippen LogP contribution in [0.15, 0.2) is 35.8 Å². The van der Waals surface area contributed by atoms with E-state index >= 15 is 0 Å². The van der Waals surface area contributed by atoms with Gasteiger partial charge >= 0.3 is 0 Å². The molecule has 0 unspecified atom stereocenters. The Kier molecular flexibility index (Phi) is 4.95. The summed E-state index contributed by atoms with van der Waals surface area (Å²) in [5.74, 6) is 1.88. The fourth-order valence-electron chi connectivity index (χ4n) is 5.51. The van der Waals surface area contributed by atoms with Crippen molar-refractivity contribution in [3.63, 3.8) is 0 Å². The Morgan fingerprint density at radius 2 is 1.77 bits per heavy atom. The molecule has 6 nitrogen and oxygen atoms in total. The number of carbonyl (C=O) groups excluding carboxylic acids is 2. The predicted molar refractivity (Wildman–Crippen MR) is 111 cm³/mol. The smallest absolute Gasteiger partial charge is 0.292 e. The summed E-state index contributed by atoms with van der Waals surface area (Å²) in [5.41, 5.74) is 2.43. The lowest BCUT2D eigenvalue weighted by atomic mass is 9.83. The second kappa shape index (κ2) is 7.64. The molecule has 0 N–H and O–H groups in total. The van der Waals surface area contributed by atoms with Gasteiger partial charge in [-0.3, -0.25) is 9.59 Å². The SMILES string of the molecule is CC1=C(C(=O)N2C[C@H]3CN(C(=O)C4CCC4)[C@H](c4ccccc4C)[C@H]3C2)OCCO1. The Hall–Kier alpha value is -2.50. The fraction of sp³-hybridized carbons (Fsp3) is 0.583. The predicted octanol–water partition coefficient (Wildman–Crippen LogP) is 3.03. The minimum atomic E-state index is -0.0815. The van der Waals surface area contributed by atoms with Crippen LogP contribution in [0.1, 0.15) is 43.4 Å². The van der Waals surface area contributed by atoms with Gasteiger partial charge in [0.15, 0.2) is 0 Å². The molecule has 4 aliphatic rings. The third-order valence-electron chi connectivity index (χ3n) is 7.36. The van der Waals surface area contributed by atoms with Gasteiger partial charge in [-0.15, -0.1) is 0 Å². The van der Waals surface area contributed by atoms with Gasteiger partial charge < -0.3 is 19.3 Å². The van der Waals surface area contributed by atoms with Crippen LogP contribution in [0.3, 0.4) is 0 Å². The van der Waals surface area contributed by atoms with Crippen molar-refractivity contribution < 1.29 is 19.1 Å². The highest BCUT2D eigenvalue weighted by Gasteiger charge is 2.52. The minimum absolute atomic E-state index is 0.0423. The quantitative estimate of drug-likeness (QED) is 0.769. The van der Waals surface area contributed by atoms with Crippen molar-refractivity contribution in [3.8, 4) is 0 Å². The molecule has 6 heteroatoms. The highest BCUT2D eigenvalue weighted by Crippen LogP contribution is 2.47. The number of nitrogens with zero attached hydrogens (tertiary/aromatic N) is 2. The number of amides is 2. The summed E-state index contributed by atoms with van der Waals surface area (Å²) in [4.78, 5) is 30.4. The Labute approximate surface area is 177 Å². The lowest BCUT2D eigenvalue weighted by molar-refractivity contribution is -0.140. The van der Waals surface area contributed by atoms with E-state index in [4.69, 9.17) is 9.47 Å². The molecule has 5 rings (SSSR count). The van der Waals surface area contributed by atoms with E-state index in [-0.39, 0.29) is 23.8 Å². The van der Waals surface area contributed by atoms with Gasteiger partial charge in [-0.25, -0.2) is 0 Å². The second-order valence-corrected chi connectivity index (χ2v) is 9.14. The molecular weight excluding hydrogens is 380 g/mol. The van der Waals surface area contributed by atoms with Gasteiger partial charge in [0, 0.05) is 37.4 Å². The molecule has 1 saturated carbocycles. The van der Waals surface area contributed by atoms with Crippen LogP contribution >= 0.6 is 0 Å². The molecule has 1 aliphatic carbocycles. The molecule has 3 fully saturated rings. The zero-order valence-electron chi connectivity index (χ0n) is 17.8. The number of ether oxygens (including phenoxy) is 2. The molecule has 2 saturated heterocycles. The van der Waals surface area contributed by atoms with Crippen molar-refractivity contribution in [2.75, 3.05) is 32.8 Å². The van der Waals surface area contributed by atoms with Crippen molar-refractivity contribution in [1.82, 2.24) is 9.80 Å². The largest absolute Gasteiger partial charge is 0.491 e. The molecule has 1 aromatic carbocycles. The molecule has 1 aromatic rings. The standard InChI is InChI=1S/C24H30N2O4/c1-15-6-3-4-9-19(15)21-20-14-25(24(28)22-16(2)29-10-11-30-22)12-18(20)13-26(21)23(27)17-7-5-8-17/h3-4,6,9,17-18,20-21H,5,7-8,10-14H2,1-2H3/t18-,20-,21+/m0/s1. The number of benzene rings is 1. The van der Waals surface area contributed by atoms with Gasteiger partial charge in [0.25, 0.3) is 5.91 Å². The topological polar surface area (TPSA) is 59.1 Å². The van der Waals surface area contributed by atoms with Crippen LogP contribution in [0.25, 0.3) is 0 Å². The number of carbonyl (C=O) groups is 2. The molecule has 3 aliphatic heterocycles. The van der Waals surface area contributed by atoms with Gasteiger partial charge in [0.05, 0.1) is 6.04 Å². The average Bonchev–Trinajstić information content (AvgIpc) is 3.25. The van der Waals surface area contributed by atoms with Crippen molar-refractivity contribution in [1.29, 1.82) is 0 Å². The Balaban J connectivity index is 1.41. The molecule has 0 radical (unpaired) electrons. The molecule has 0 aromatic heterocycles. The summed E-state index contributed by atoms with van der Waals surface area (Å²) in [6.07, 6.45) is 3.19. The lowest BCUT2D eigenvalue weighted by Crippen LogP contribution is -2.42. The van der Waals surface area contributed by atoms with Gasteiger partial charge in [0.2, 0.25) is 11.7 Å². The third-order valence-corrected chi connectivity index (χ3v) is 7.36. The lowest BCUT2D eigenvalue weighted by Gasteiger charge is -2.36. The minimum Gasteiger partial charge on any atom is -0.491 e. The summed E-state index contributed by atoms with van der Waals surface area (Å²) in [5, 5.41) is 0. The van der Waals surface area contributed by atoms with E-state index < -0.39 is 0 Å². The number of likely N-dealkylation sites (tertiary alicyclic amines) is 2. The van der Waals surface area contributed by atoms with Crippen LogP contribution in [0, 0.1) is 24.7 Å². The zero-order chi connectivity index (χ0) is 20.8. The van der Waals surface area contributed by atoms with E-state index in [1.807, 2.05) is 11.0 Å². The highest BCUT2D eigenvalue weighted by molar-refractivity contribution is 5.92. The second-order valence-electron chi connectivity index (χ2n) is 9.14. The molecular formula is C24H30N2O4. The van der Waals surface area contributed by atoms with E-state index in [0.29, 0.717) is 49.6 Å². The zero-order valence-corrected chi connectivity index (χ0v) is 17.8. The van der Waals surface area contributed by atoms with Crippen molar-refractivity contribution in [3.05, 3.63) is 46.9 Å². The van der Waals surface area contributed by atoms with Crippen molar-refractivity contribution in [2.45, 2.75) is 39.2 Å². The summed E-state index contributed by atoms with van der Waals surface area (Å²) in [7, 11) is 0. The maximum atomic E-state index is 13.3. The normalized spacial score (nSPS) is 28.7. The first-order valence-corrected chi connectivity index (χ1v) is 11.2. The number of hydrogen-bond donors (Lipinski definition) is 0. The maximum Gasteiger partial charge on any atom is 0.292 e. The number of hydrogen-bond acceptors (Lipinski definition) is 4. The van der Waals surface area contributed by atoms with E-state index in [2.05, 4.69) is 30.0 Å². The monoisotopic (exact) mass is 410 g/mol. The Morgan fingerprint density at radius 3 is 2.47 bits per heavy atom. The molecule has 3 heterocycles. The number of fused-ring (bicyclic) bond motifs is 1. The highest BCUT2D eigenvalue weighted by atomic mass is 16.6. The summed E-state index contributed by atoms with van der Waals surface area (Å²) in [6.45, 7) is 6.86. The van der Waals surface area contributed by atoms with Crippen LogP contribution < -0.4 is 0 Å². The molecule has 0 bridgehead atoms. The fourth-order valence-corrected chi connectivity index (χ4v) is 5.51. The Morgan fingerprint density at radius 1 is 1.00 bits per heavy atom. The Bertz CT molecular complexity index is 891. The van der Waals surface area contributed by atoms with Gasteiger partial charge in [0.1, 0.15) is 19.0 Å². The summed E-state index contributed by atoms with van der Waals surface area (Å²) >= 11 is 0. The van der Waals surface area contributed by atoms with Crippen molar-refractivity contribution >= 4 is 11.8 Å². The van der Waals surface area contributed by atoms with E-state index in [1.165, 1.54) is 11.1 Å². The number of allylic oxidation sites excluding steroid dienone is 1. The molecule has 0 spiro atoms. The molecule has 30 heavy (non-hydrogen) atoms. The van der Waals surface area contributed by atoms with Crippen molar-refractivity contribution in [2.24, 2.45) is 17.8 Å².